The summed E-state index contributed by atoms with van der Waals surface area (Å²) < 4.78 is 5.61. The number of ether oxygens (including phenoxy) is 1. The van der Waals surface area contributed by atoms with Crippen molar-refractivity contribution in [2.24, 2.45) is 0 Å². The molecule has 1 atom stereocenters. The molecule has 15 heavy (non-hydrogen) atoms. The van der Waals surface area contributed by atoms with Crippen LogP contribution >= 0.6 is 0 Å². The minimum atomic E-state index is -0.122. The maximum atomic E-state index is 5.61. The average Bonchev–Trinajstić information content (AvgIpc) is 2.67. The van der Waals surface area contributed by atoms with Gasteiger partial charge in [-0.05, 0) is 33.8 Å². The van der Waals surface area contributed by atoms with Crippen LogP contribution in [0.5, 0.6) is 0 Å². The lowest BCUT2D eigenvalue weighted by molar-refractivity contribution is -0.0104. The van der Waals surface area contributed by atoms with Crippen LogP contribution in [0.1, 0.15) is 39.4 Å². The highest BCUT2D eigenvalue weighted by Gasteiger charge is 2.18. The topological polar surface area (TPSA) is 49.9 Å². The van der Waals surface area contributed by atoms with Crippen LogP contribution < -0.4 is 5.32 Å². The Labute approximate surface area is 91.4 Å². The van der Waals surface area contributed by atoms with Crippen molar-refractivity contribution in [3.8, 4) is 0 Å². The van der Waals surface area contributed by atoms with Gasteiger partial charge in [-0.2, -0.15) is 5.10 Å². The van der Waals surface area contributed by atoms with Gasteiger partial charge in [-0.3, -0.25) is 5.10 Å². The normalized spacial score (nSPS) is 14.1. The van der Waals surface area contributed by atoms with Gasteiger partial charge in [-0.15, -0.1) is 0 Å². The zero-order valence-corrected chi connectivity index (χ0v) is 10.0. The van der Waals surface area contributed by atoms with E-state index in [9.17, 15) is 0 Å². The first kappa shape index (κ1) is 12.2. The van der Waals surface area contributed by atoms with Gasteiger partial charge in [0, 0.05) is 25.4 Å². The molecule has 0 saturated carbocycles. The van der Waals surface area contributed by atoms with Gasteiger partial charge in [0.25, 0.3) is 0 Å². The third kappa shape index (κ3) is 4.01. The molecule has 0 radical (unpaired) electrons. The highest BCUT2D eigenvalue weighted by molar-refractivity contribution is 5.03. The van der Waals surface area contributed by atoms with Crippen molar-refractivity contribution in [2.75, 3.05) is 13.2 Å². The molecule has 0 amide bonds. The first-order chi connectivity index (χ1) is 7.05. The number of rotatable bonds is 6. The Morgan fingerprint density at radius 1 is 1.60 bits per heavy atom. The van der Waals surface area contributed by atoms with Crippen LogP contribution in [0.4, 0.5) is 0 Å². The van der Waals surface area contributed by atoms with Gasteiger partial charge >= 0.3 is 0 Å². The Morgan fingerprint density at radius 3 is 2.87 bits per heavy atom. The van der Waals surface area contributed by atoms with E-state index < -0.39 is 0 Å². The summed E-state index contributed by atoms with van der Waals surface area (Å²) in [5, 5.41) is 10.3. The summed E-state index contributed by atoms with van der Waals surface area (Å²) in [6, 6.07) is 2.25. The number of nitrogens with zero attached hydrogens (tertiary/aromatic N) is 1. The fraction of sp³-hybridized carbons (Fsp3) is 0.727. The largest absolute Gasteiger partial charge is 0.375 e. The average molecular weight is 211 g/mol. The second-order valence-corrected chi connectivity index (χ2v) is 4.31. The highest BCUT2D eigenvalue weighted by Crippen LogP contribution is 2.12. The molecule has 1 heterocycles. The predicted octanol–water partition coefficient (Wildman–Crippen LogP) is 1.88. The van der Waals surface area contributed by atoms with Crippen molar-refractivity contribution in [3.63, 3.8) is 0 Å². The van der Waals surface area contributed by atoms with Crippen LogP contribution in [0.15, 0.2) is 12.3 Å². The third-order valence-electron chi connectivity index (χ3n) is 2.36. The molecule has 0 fully saturated rings. The van der Waals surface area contributed by atoms with Crippen LogP contribution in [-0.4, -0.2) is 29.0 Å². The van der Waals surface area contributed by atoms with Crippen LogP contribution in [0.25, 0.3) is 0 Å². The number of aromatic nitrogens is 2. The van der Waals surface area contributed by atoms with E-state index in [0.717, 1.165) is 18.8 Å². The van der Waals surface area contributed by atoms with Crippen molar-refractivity contribution in [1.29, 1.82) is 0 Å². The molecule has 0 aromatic carbocycles. The summed E-state index contributed by atoms with van der Waals surface area (Å²) in [6.45, 7) is 9.86. The van der Waals surface area contributed by atoms with Gasteiger partial charge in [0.15, 0.2) is 0 Å². The van der Waals surface area contributed by atoms with Crippen LogP contribution in [0.3, 0.4) is 0 Å². The summed E-state index contributed by atoms with van der Waals surface area (Å²) in [4.78, 5) is 0. The zero-order chi connectivity index (χ0) is 11.3. The molecule has 0 spiro atoms. The summed E-state index contributed by atoms with van der Waals surface area (Å²) in [7, 11) is 0. The molecule has 1 aromatic rings. The van der Waals surface area contributed by atoms with Crippen LogP contribution in [-0.2, 0) is 4.74 Å². The lowest BCUT2D eigenvalue weighted by Gasteiger charge is -2.26. The highest BCUT2D eigenvalue weighted by atomic mass is 16.5. The number of aromatic amines is 1. The van der Waals surface area contributed by atoms with Gasteiger partial charge in [-0.1, -0.05) is 0 Å². The maximum Gasteiger partial charge on any atom is 0.0750 e. The number of hydrogen-bond acceptors (Lipinski definition) is 3. The lowest BCUT2D eigenvalue weighted by atomic mass is 10.1. The Bertz CT molecular complexity index is 269. The van der Waals surface area contributed by atoms with E-state index >= 15 is 0 Å². The SMILES string of the molecule is CCOC(C)(C)CNC(C)c1ccn[nH]1. The molecule has 2 N–H and O–H groups in total. The second kappa shape index (κ2) is 5.28. The number of hydrogen-bond donors (Lipinski definition) is 2. The van der Waals surface area contributed by atoms with Gasteiger partial charge < -0.3 is 10.1 Å². The fourth-order valence-corrected chi connectivity index (χ4v) is 1.46. The van der Waals surface area contributed by atoms with Gasteiger partial charge in [0.05, 0.1) is 11.3 Å². The van der Waals surface area contributed by atoms with Gasteiger partial charge in [-0.25, -0.2) is 0 Å². The molecule has 0 aliphatic carbocycles. The van der Waals surface area contributed by atoms with Gasteiger partial charge in [0.1, 0.15) is 0 Å². The molecule has 86 valence electrons. The van der Waals surface area contributed by atoms with Crippen molar-refractivity contribution < 1.29 is 4.74 Å². The minimum Gasteiger partial charge on any atom is -0.375 e. The van der Waals surface area contributed by atoms with Crippen LogP contribution in [0.2, 0.25) is 0 Å². The fourth-order valence-electron chi connectivity index (χ4n) is 1.46. The molecule has 0 saturated heterocycles. The Balaban J connectivity index is 2.37. The molecule has 1 unspecified atom stereocenters. The summed E-state index contributed by atoms with van der Waals surface area (Å²) in [5.41, 5.74) is 0.977. The number of nitrogens with one attached hydrogen (secondary N) is 2. The number of H-pyrrole nitrogens is 1. The van der Waals surface area contributed by atoms with Crippen molar-refractivity contribution in [1.82, 2.24) is 15.5 Å². The summed E-state index contributed by atoms with van der Waals surface area (Å²) >= 11 is 0. The molecule has 0 bridgehead atoms. The predicted molar refractivity (Wildman–Crippen MR) is 60.7 cm³/mol. The molecule has 4 nitrogen and oxygen atoms in total. The van der Waals surface area contributed by atoms with Crippen molar-refractivity contribution in [3.05, 3.63) is 18.0 Å². The van der Waals surface area contributed by atoms with Crippen molar-refractivity contribution >= 4 is 0 Å². The maximum absolute atomic E-state index is 5.61. The van der Waals surface area contributed by atoms with Crippen LogP contribution in [0, 0.1) is 0 Å². The Kier molecular flexibility index (Phi) is 4.29. The smallest absolute Gasteiger partial charge is 0.0750 e. The van der Waals surface area contributed by atoms with E-state index in [1.54, 1.807) is 6.20 Å². The molecular weight excluding hydrogens is 190 g/mol. The third-order valence-corrected chi connectivity index (χ3v) is 2.36. The van der Waals surface area contributed by atoms with E-state index in [1.807, 2.05) is 13.0 Å². The second-order valence-electron chi connectivity index (χ2n) is 4.31. The molecule has 1 rings (SSSR count). The Hall–Kier alpha value is -0.870. The zero-order valence-electron chi connectivity index (χ0n) is 10.0. The lowest BCUT2D eigenvalue weighted by Crippen LogP contribution is -2.38. The standard InChI is InChI=1S/C11H21N3O/c1-5-15-11(3,4)8-12-9(2)10-6-7-13-14-10/h6-7,9,12H,5,8H2,1-4H3,(H,13,14). The minimum absolute atomic E-state index is 0.122. The van der Waals surface area contributed by atoms with Crippen molar-refractivity contribution in [2.45, 2.75) is 39.3 Å². The molecular formula is C11H21N3O. The van der Waals surface area contributed by atoms with E-state index in [0.29, 0.717) is 0 Å². The van der Waals surface area contributed by atoms with E-state index in [-0.39, 0.29) is 11.6 Å². The Morgan fingerprint density at radius 2 is 2.33 bits per heavy atom. The first-order valence-corrected chi connectivity index (χ1v) is 5.42. The van der Waals surface area contributed by atoms with E-state index in [2.05, 4.69) is 36.3 Å². The molecule has 4 heteroatoms. The monoisotopic (exact) mass is 211 g/mol. The first-order valence-electron chi connectivity index (χ1n) is 5.42. The molecule has 0 aliphatic rings. The molecule has 1 aromatic heterocycles. The summed E-state index contributed by atoms with van der Waals surface area (Å²) in [5.74, 6) is 0. The quantitative estimate of drug-likeness (QED) is 0.755. The van der Waals surface area contributed by atoms with E-state index in [1.165, 1.54) is 0 Å². The van der Waals surface area contributed by atoms with E-state index in [4.69, 9.17) is 4.74 Å². The van der Waals surface area contributed by atoms with Gasteiger partial charge in [0.2, 0.25) is 0 Å². The summed E-state index contributed by atoms with van der Waals surface area (Å²) in [6.07, 6.45) is 1.77. The molecule has 0 aliphatic heterocycles.